The third-order valence-corrected chi connectivity index (χ3v) is 3.65. The zero-order chi connectivity index (χ0) is 19.1. The van der Waals surface area contributed by atoms with Gasteiger partial charge in [-0.05, 0) is 55.8 Å². The Morgan fingerprint density at radius 3 is 2.22 bits per heavy atom. The first-order valence-electron chi connectivity index (χ1n) is 8.29. The molecule has 0 bridgehead atoms. The number of benzene rings is 2. The van der Waals surface area contributed by atoms with E-state index in [1.165, 1.54) is 0 Å². The molecule has 1 atom stereocenters. The third-order valence-electron chi connectivity index (χ3n) is 3.65. The van der Waals surface area contributed by atoms with Crippen molar-refractivity contribution >= 4 is 29.9 Å². The van der Waals surface area contributed by atoms with Gasteiger partial charge >= 0.3 is 5.97 Å². The van der Waals surface area contributed by atoms with Gasteiger partial charge < -0.3 is 25.6 Å². The number of nitrogens with one attached hydrogen (secondary N) is 2. The van der Waals surface area contributed by atoms with Crippen molar-refractivity contribution in [2.75, 3.05) is 18.5 Å². The summed E-state index contributed by atoms with van der Waals surface area (Å²) in [7, 11) is 0. The Balaban J connectivity index is 0.00000364. The van der Waals surface area contributed by atoms with Crippen molar-refractivity contribution in [1.29, 1.82) is 5.41 Å². The lowest BCUT2D eigenvalue weighted by molar-refractivity contribution is -0.138. The van der Waals surface area contributed by atoms with Gasteiger partial charge in [0.25, 0.3) is 0 Å². The van der Waals surface area contributed by atoms with Crippen LogP contribution in [-0.4, -0.2) is 30.1 Å². The first-order valence-corrected chi connectivity index (χ1v) is 8.29. The van der Waals surface area contributed by atoms with E-state index in [4.69, 9.17) is 20.6 Å². The van der Waals surface area contributed by atoms with E-state index >= 15 is 0 Å². The standard InChI is InChI=1S/C19H23N3O4.ClH/c1-3-25-15-10-7-13(11-16(15)26-4-2)17(19(23)24)22-14-8-5-12(6-9-14)18(20)21;/h5-11,17,22H,3-4H2,1-2H3,(H3,20,21)(H,23,24);1H. The highest BCUT2D eigenvalue weighted by atomic mass is 35.5. The fourth-order valence-electron chi connectivity index (χ4n) is 2.45. The van der Waals surface area contributed by atoms with Crippen LogP contribution in [0, 0.1) is 5.41 Å². The number of anilines is 1. The lowest BCUT2D eigenvalue weighted by atomic mass is 10.1. The van der Waals surface area contributed by atoms with Crippen LogP contribution >= 0.6 is 12.4 Å². The predicted molar refractivity (Wildman–Crippen MR) is 107 cm³/mol. The molecule has 146 valence electrons. The second kappa shape index (κ2) is 10.3. The molecule has 2 rings (SSSR count). The number of hydrogen-bond acceptors (Lipinski definition) is 5. The Kier molecular flexibility index (Phi) is 8.41. The van der Waals surface area contributed by atoms with Gasteiger partial charge in [0.15, 0.2) is 17.5 Å². The van der Waals surface area contributed by atoms with Crippen LogP contribution in [0.1, 0.15) is 31.0 Å². The summed E-state index contributed by atoms with van der Waals surface area (Å²) in [5.41, 5.74) is 7.15. The zero-order valence-electron chi connectivity index (χ0n) is 15.2. The van der Waals surface area contributed by atoms with E-state index in [-0.39, 0.29) is 18.2 Å². The molecule has 0 aliphatic carbocycles. The molecule has 1 unspecified atom stereocenters. The van der Waals surface area contributed by atoms with Gasteiger partial charge in [0.2, 0.25) is 0 Å². The van der Waals surface area contributed by atoms with E-state index < -0.39 is 12.0 Å². The summed E-state index contributed by atoms with van der Waals surface area (Å²) in [5.74, 6) is 0.0198. The topological polar surface area (TPSA) is 118 Å². The summed E-state index contributed by atoms with van der Waals surface area (Å²) in [4.78, 5) is 11.8. The van der Waals surface area contributed by atoms with E-state index in [1.807, 2.05) is 13.8 Å². The summed E-state index contributed by atoms with van der Waals surface area (Å²) in [6, 6.07) is 10.8. The fourth-order valence-corrected chi connectivity index (χ4v) is 2.45. The second-order valence-electron chi connectivity index (χ2n) is 5.48. The number of nitrogens with two attached hydrogens (primary N) is 1. The normalized spacial score (nSPS) is 11.0. The van der Waals surface area contributed by atoms with Crippen molar-refractivity contribution in [3.63, 3.8) is 0 Å². The number of nitrogen functional groups attached to an aromatic ring is 1. The van der Waals surface area contributed by atoms with Gasteiger partial charge in [-0.15, -0.1) is 12.4 Å². The van der Waals surface area contributed by atoms with Gasteiger partial charge in [0.05, 0.1) is 13.2 Å². The van der Waals surface area contributed by atoms with E-state index in [0.29, 0.717) is 41.5 Å². The zero-order valence-corrected chi connectivity index (χ0v) is 16.0. The molecule has 2 aromatic carbocycles. The van der Waals surface area contributed by atoms with Crippen molar-refractivity contribution in [3.05, 3.63) is 53.6 Å². The number of aliphatic carboxylic acids is 1. The highest BCUT2D eigenvalue weighted by Crippen LogP contribution is 2.32. The van der Waals surface area contributed by atoms with Crippen molar-refractivity contribution in [3.8, 4) is 11.5 Å². The molecule has 0 heterocycles. The van der Waals surface area contributed by atoms with Crippen molar-refractivity contribution < 1.29 is 19.4 Å². The second-order valence-corrected chi connectivity index (χ2v) is 5.48. The summed E-state index contributed by atoms with van der Waals surface area (Å²) >= 11 is 0. The molecule has 0 spiro atoms. The molecule has 0 fully saturated rings. The molecule has 0 amide bonds. The number of amidine groups is 1. The maximum atomic E-state index is 11.8. The maximum Gasteiger partial charge on any atom is 0.330 e. The molecule has 0 radical (unpaired) electrons. The summed E-state index contributed by atoms with van der Waals surface area (Å²) in [5, 5.41) is 20.0. The van der Waals surface area contributed by atoms with Crippen molar-refractivity contribution in [1.82, 2.24) is 0 Å². The Morgan fingerprint density at radius 2 is 1.70 bits per heavy atom. The number of hydrogen-bond donors (Lipinski definition) is 4. The highest BCUT2D eigenvalue weighted by molar-refractivity contribution is 5.95. The van der Waals surface area contributed by atoms with Gasteiger partial charge in [-0.25, -0.2) is 4.79 Å². The van der Waals surface area contributed by atoms with Crippen LogP contribution < -0.4 is 20.5 Å². The molecular weight excluding hydrogens is 370 g/mol. The number of carboxylic acid groups (broad SMARTS) is 1. The molecular formula is C19H24ClN3O4. The lowest BCUT2D eigenvalue weighted by Gasteiger charge is -2.19. The Hall–Kier alpha value is -2.93. The van der Waals surface area contributed by atoms with Crippen LogP contribution in [-0.2, 0) is 4.79 Å². The number of carboxylic acids is 1. The molecule has 8 heteroatoms. The van der Waals surface area contributed by atoms with E-state index in [1.54, 1.807) is 42.5 Å². The highest BCUT2D eigenvalue weighted by Gasteiger charge is 2.21. The van der Waals surface area contributed by atoms with Crippen molar-refractivity contribution in [2.45, 2.75) is 19.9 Å². The van der Waals surface area contributed by atoms with Crippen LogP contribution in [0.25, 0.3) is 0 Å². The molecule has 0 saturated carbocycles. The molecule has 0 aromatic heterocycles. The lowest BCUT2D eigenvalue weighted by Crippen LogP contribution is -2.21. The average molecular weight is 394 g/mol. The largest absolute Gasteiger partial charge is 0.490 e. The maximum absolute atomic E-state index is 11.8. The van der Waals surface area contributed by atoms with E-state index in [9.17, 15) is 9.90 Å². The van der Waals surface area contributed by atoms with E-state index in [0.717, 1.165) is 0 Å². The SMILES string of the molecule is CCOc1ccc(C(Nc2ccc(C(=N)N)cc2)C(=O)O)cc1OCC.Cl. The molecule has 5 N–H and O–H groups in total. The fraction of sp³-hybridized carbons (Fsp3) is 0.263. The first kappa shape index (κ1) is 22.1. The van der Waals surface area contributed by atoms with Gasteiger partial charge in [-0.3, -0.25) is 5.41 Å². The Bertz CT molecular complexity index is 781. The minimum Gasteiger partial charge on any atom is -0.490 e. The third kappa shape index (κ3) is 5.79. The number of rotatable bonds is 9. The monoisotopic (exact) mass is 393 g/mol. The molecule has 7 nitrogen and oxygen atoms in total. The van der Waals surface area contributed by atoms with Crippen molar-refractivity contribution in [2.24, 2.45) is 5.73 Å². The summed E-state index contributed by atoms with van der Waals surface area (Å²) in [6.45, 7) is 4.66. The number of carbonyl (C=O) groups is 1. The molecule has 0 aliphatic heterocycles. The van der Waals surface area contributed by atoms with Crippen LogP contribution in [0.4, 0.5) is 5.69 Å². The quantitative estimate of drug-likeness (QED) is 0.383. The predicted octanol–water partition coefficient (Wildman–Crippen LogP) is 3.43. The molecule has 0 saturated heterocycles. The minimum atomic E-state index is -1.02. The molecule has 2 aromatic rings. The van der Waals surface area contributed by atoms with Gasteiger partial charge in [0, 0.05) is 11.3 Å². The van der Waals surface area contributed by atoms with Crippen LogP contribution in [0.2, 0.25) is 0 Å². The number of ether oxygens (including phenoxy) is 2. The first-order chi connectivity index (χ1) is 12.5. The Labute approximate surface area is 164 Å². The minimum absolute atomic E-state index is 0. The van der Waals surface area contributed by atoms with Crippen LogP contribution in [0.5, 0.6) is 11.5 Å². The smallest absolute Gasteiger partial charge is 0.330 e. The molecule has 27 heavy (non-hydrogen) atoms. The summed E-state index contributed by atoms with van der Waals surface area (Å²) in [6.07, 6.45) is 0. The van der Waals surface area contributed by atoms with E-state index in [2.05, 4.69) is 5.32 Å². The van der Waals surface area contributed by atoms with Gasteiger partial charge in [-0.1, -0.05) is 6.07 Å². The molecule has 0 aliphatic rings. The van der Waals surface area contributed by atoms with Gasteiger partial charge in [0.1, 0.15) is 5.84 Å². The van der Waals surface area contributed by atoms with Gasteiger partial charge in [-0.2, -0.15) is 0 Å². The number of halogens is 1. The van der Waals surface area contributed by atoms with Crippen LogP contribution in [0.15, 0.2) is 42.5 Å². The summed E-state index contributed by atoms with van der Waals surface area (Å²) < 4.78 is 11.1. The average Bonchev–Trinajstić information content (AvgIpc) is 2.62. The van der Waals surface area contributed by atoms with Crippen LogP contribution in [0.3, 0.4) is 0 Å². The Morgan fingerprint density at radius 1 is 1.11 bits per heavy atom.